The summed E-state index contributed by atoms with van der Waals surface area (Å²) in [4.78, 5) is 11.6. The van der Waals surface area contributed by atoms with Crippen molar-refractivity contribution in [3.63, 3.8) is 0 Å². The van der Waals surface area contributed by atoms with Crippen LogP contribution in [0.2, 0.25) is 0 Å². The SMILES string of the molecule is CNC(=O)c1ccc(N)c(NCC(C)(C)SC)c1. The maximum atomic E-state index is 11.6. The Kier molecular flexibility index (Phi) is 4.90. The number of nitrogens with one attached hydrogen (secondary N) is 2. The molecule has 0 aromatic heterocycles. The largest absolute Gasteiger partial charge is 0.397 e. The molecule has 0 aliphatic rings. The molecule has 1 amide bonds. The fourth-order valence-electron chi connectivity index (χ4n) is 1.38. The summed E-state index contributed by atoms with van der Waals surface area (Å²) in [6.07, 6.45) is 2.08. The van der Waals surface area contributed by atoms with E-state index in [-0.39, 0.29) is 10.7 Å². The maximum absolute atomic E-state index is 11.6. The van der Waals surface area contributed by atoms with Crippen LogP contribution in [0.5, 0.6) is 0 Å². The van der Waals surface area contributed by atoms with Crippen molar-refractivity contribution in [3.8, 4) is 0 Å². The molecule has 5 heteroatoms. The van der Waals surface area contributed by atoms with Crippen molar-refractivity contribution >= 4 is 29.0 Å². The second-order valence-electron chi connectivity index (χ2n) is 4.70. The smallest absolute Gasteiger partial charge is 0.251 e. The highest BCUT2D eigenvalue weighted by atomic mass is 32.2. The lowest BCUT2D eigenvalue weighted by Crippen LogP contribution is -2.26. The molecule has 0 spiro atoms. The third-order valence-corrected chi connectivity index (χ3v) is 4.05. The lowest BCUT2D eigenvalue weighted by molar-refractivity contribution is 0.0963. The number of nitrogens with two attached hydrogens (primary N) is 1. The Balaban J connectivity index is 2.85. The van der Waals surface area contributed by atoms with Crippen LogP contribution >= 0.6 is 11.8 Å². The van der Waals surface area contributed by atoms with Gasteiger partial charge in [-0.05, 0) is 38.3 Å². The van der Waals surface area contributed by atoms with E-state index in [1.807, 2.05) is 0 Å². The van der Waals surface area contributed by atoms with Gasteiger partial charge in [0, 0.05) is 23.9 Å². The molecule has 1 rings (SSSR count). The molecular formula is C13H21N3OS. The van der Waals surface area contributed by atoms with Crippen LogP contribution < -0.4 is 16.4 Å². The molecular weight excluding hydrogens is 246 g/mol. The van der Waals surface area contributed by atoms with Gasteiger partial charge < -0.3 is 16.4 Å². The van der Waals surface area contributed by atoms with Crippen LogP contribution in [0.4, 0.5) is 11.4 Å². The van der Waals surface area contributed by atoms with E-state index in [2.05, 4.69) is 30.7 Å². The first-order valence-corrected chi connectivity index (χ1v) is 7.03. The number of hydrogen-bond acceptors (Lipinski definition) is 4. The minimum Gasteiger partial charge on any atom is -0.397 e. The van der Waals surface area contributed by atoms with E-state index >= 15 is 0 Å². The van der Waals surface area contributed by atoms with E-state index < -0.39 is 0 Å². The maximum Gasteiger partial charge on any atom is 0.251 e. The van der Waals surface area contributed by atoms with Gasteiger partial charge in [-0.25, -0.2) is 0 Å². The summed E-state index contributed by atoms with van der Waals surface area (Å²) in [5.41, 5.74) is 7.96. The number of amides is 1. The average Bonchev–Trinajstić information content (AvgIpc) is 2.37. The van der Waals surface area contributed by atoms with Crippen LogP contribution in [0.3, 0.4) is 0 Å². The number of hydrogen-bond donors (Lipinski definition) is 3. The minimum absolute atomic E-state index is 0.109. The van der Waals surface area contributed by atoms with Crippen molar-refractivity contribution in [2.45, 2.75) is 18.6 Å². The summed E-state index contributed by atoms with van der Waals surface area (Å²) in [6.45, 7) is 5.10. The predicted octanol–water partition coefficient (Wildman–Crippen LogP) is 2.18. The molecule has 18 heavy (non-hydrogen) atoms. The Morgan fingerprint density at radius 3 is 2.67 bits per heavy atom. The molecule has 0 heterocycles. The number of carbonyl (C=O) groups excluding carboxylic acids is 1. The normalized spacial score (nSPS) is 11.1. The van der Waals surface area contributed by atoms with Gasteiger partial charge in [-0.3, -0.25) is 4.79 Å². The van der Waals surface area contributed by atoms with Gasteiger partial charge in [-0.15, -0.1) is 0 Å². The molecule has 100 valence electrons. The molecule has 0 aliphatic heterocycles. The number of carbonyl (C=O) groups is 1. The first kappa shape index (κ1) is 14.7. The summed E-state index contributed by atoms with van der Waals surface area (Å²) < 4.78 is 0.120. The van der Waals surface area contributed by atoms with E-state index in [1.165, 1.54) is 0 Å². The van der Waals surface area contributed by atoms with E-state index in [9.17, 15) is 4.79 Å². The van der Waals surface area contributed by atoms with E-state index in [0.29, 0.717) is 11.3 Å². The summed E-state index contributed by atoms with van der Waals surface area (Å²) in [6, 6.07) is 5.25. The topological polar surface area (TPSA) is 67.2 Å². The van der Waals surface area contributed by atoms with Crippen LogP contribution in [0.1, 0.15) is 24.2 Å². The fraction of sp³-hybridized carbons (Fsp3) is 0.462. The van der Waals surface area contributed by atoms with Crippen LogP contribution in [0.25, 0.3) is 0 Å². The van der Waals surface area contributed by atoms with Crippen LogP contribution in [0, 0.1) is 0 Å². The van der Waals surface area contributed by atoms with Gasteiger partial charge in [0.15, 0.2) is 0 Å². The molecule has 0 aliphatic carbocycles. The van der Waals surface area contributed by atoms with E-state index in [4.69, 9.17) is 5.73 Å². The van der Waals surface area contributed by atoms with E-state index in [0.717, 1.165) is 12.2 Å². The standard InChI is InChI=1S/C13H21N3OS/c1-13(2,18-4)8-16-11-7-9(12(17)15-3)5-6-10(11)14/h5-7,16H,8,14H2,1-4H3,(H,15,17). The molecule has 4 N–H and O–H groups in total. The summed E-state index contributed by atoms with van der Waals surface area (Å²) in [5.74, 6) is -0.109. The van der Waals surface area contributed by atoms with Gasteiger partial charge in [0.25, 0.3) is 5.91 Å². The average molecular weight is 267 g/mol. The van der Waals surface area contributed by atoms with E-state index in [1.54, 1.807) is 37.0 Å². The second-order valence-corrected chi connectivity index (χ2v) is 6.21. The van der Waals surface area contributed by atoms with Gasteiger partial charge >= 0.3 is 0 Å². The van der Waals surface area contributed by atoms with Gasteiger partial charge in [0.1, 0.15) is 0 Å². The highest BCUT2D eigenvalue weighted by Gasteiger charge is 2.16. The first-order chi connectivity index (χ1) is 8.39. The molecule has 1 aromatic rings. The highest BCUT2D eigenvalue weighted by molar-refractivity contribution is 7.99. The lowest BCUT2D eigenvalue weighted by Gasteiger charge is -2.23. The van der Waals surface area contributed by atoms with Crippen LogP contribution in [-0.2, 0) is 0 Å². The Morgan fingerprint density at radius 2 is 2.11 bits per heavy atom. The Hall–Kier alpha value is -1.36. The van der Waals surface area contributed by atoms with Crippen molar-refractivity contribution in [1.82, 2.24) is 5.32 Å². The first-order valence-electron chi connectivity index (χ1n) is 5.80. The summed E-state index contributed by atoms with van der Waals surface area (Å²) in [7, 11) is 1.61. The zero-order valence-corrected chi connectivity index (χ0v) is 12.1. The summed E-state index contributed by atoms with van der Waals surface area (Å²) in [5, 5.41) is 5.90. The fourth-order valence-corrected chi connectivity index (χ4v) is 1.59. The number of anilines is 2. The molecule has 1 aromatic carbocycles. The Bertz CT molecular complexity index is 432. The highest BCUT2D eigenvalue weighted by Crippen LogP contribution is 2.25. The van der Waals surface area contributed by atoms with Crippen molar-refractivity contribution in [1.29, 1.82) is 0 Å². The summed E-state index contributed by atoms with van der Waals surface area (Å²) >= 11 is 1.78. The predicted molar refractivity (Wildman–Crippen MR) is 80.3 cm³/mol. The number of benzene rings is 1. The monoisotopic (exact) mass is 267 g/mol. The van der Waals surface area contributed by atoms with Gasteiger partial charge in [0.05, 0.1) is 11.4 Å². The van der Waals surface area contributed by atoms with Gasteiger partial charge in [-0.2, -0.15) is 11.8 Å². The van der Waals surface area contributed by atoms with Crippen LogP contribution in [0.15, 0.2) is 18.2 Å². The Labute approximate surface area is 113 Å². The number of thioether (sulfide) groups is 1. The zero-order valence-electron chi connectivity index (χ0n) is 11.3. The Morgan fingerprint density at radius 1 is 1.44 bits per heavy atom. The molecule has 0 saturated carbocycles. The van der Waals surface area contributed by atoms with Gasteiger partial charge in [0.2, 0.25) is 0 Å². The molecule has 0 bridgehead atoms. The molecule has 0 fully saturated rings. The molecule has 0 saturated heterocycles. The lowest BCUT2D eigenvalue weighted by atomic mass is 10.1. The molecule has 0 unspecified atom stereocenters. The third-order valence-electron chi connectivity index (χ3n) is 2.80. The quantitative estimate of drug-likeness (QED) is 0.715. The third kappa shape index (κ3) is 3.84. The molecule has 0 radical (unpaired) electrons. The van der Waals surface area contributed by atoms with Crippen LogP contribution in [-0.4, -0.2) is 30.5 Å². The second kappa shape index (κ2) is 6.00. The van der Waals surface area contributed by atoms with Crippen molar-refractivity contribution in [3.05, 3.63) is 23.8 Å². The molecule has 0 atom stereocenters. The van der Waals surface area contributed by atoms with Crippen molar-refractivity contribution in [2.75, 3.05) is 30.9 Å². The number of rotatable bonds is 5. The number of nitrogen functional groups attached to an aromatic ring is 1. The minimum atomic E-state index is -0.109. The molecule has 4 nitrogen and oxygen atoms in total. The van der Waals surface area contributed by atoms with Crippen molar-refractivity contribution in [2.24, 2.45) is 0 Å². The zero-order chi connectivity index (χ0) is 13.8. The van der Waals surface area contributed by atoms with Gasteiger partial charge in [-0.1, -0.05) is 0 Å². The van der Waals surface area contributed by atoms with Crippen molar-refractivity contribution < 1.29 is 4.79 Å².